The number of nitrogens with zero attached hydrogens (tertiary/aromatic N) is 2. The van der Waals surface area contributed by atoms with Crippen LogP contribution in [0.1, 0.15) is 53.4 Å². The van der Waals surface area contributed by atoms with Crippen LogP contribution in [0.15, 0.2) is 12.3 Å². The van der Waals surface area contributed by atoms with Crippen molar-refractivity contribution in [2.24, 2.45) is 0 Å². The lowest BCUT2D eigenvalue weighted by Gasteiger charge is -2.19. The number of aromatic nitrogens is 2. The fraction of sp³-hybridized carbons (Fsp3) is 0.533. The molecule has 2 heterocycles. The number of hydrogen-bond donors (Lipinski definition) is 1. The van der Waals surface area contributed by atoms with E-state index in [-0.39, 0.29) is 6.04 Å². The molecule has 0 bridgehead atoms. The summed E-state index contributed by atoms with van der Waals surface area (Å²) in [6.45, 7) is 4.27. The lowest BCUT2D eigenvalue weighted by atomic mass is 10.1. The second-order valence-corrected chi connectivity index (χ2v) is 7.16. The third-order valence-corrected chi connectivity index (χ3v) is 5.48. The number of halogens is 1. The average molecular weight is 310 g/mol. The highest BCUT2D eigenvalue weighted by Crippen LogP contribution is 2.38. The molecule has 3 rings (SSSR count). The van der Waals surface area contributed by atoms with E-state index >= 15 is 0 Å². The Kier molecular flexibility index (Phi) is 3.89. The quantitative estimate of drug-likeness (QED) is 0.926. The second kappa shape index (κ2) is 5.51. The summed E-state index contributed by atoms with van der Waals surface area (Å²) in [5.74, 6) is 0. The Morgan fingerprint density at radius 1 is 1.40 bits per heavy atom. The highest BCUT2D eigenvalue weighted by atomic mass is 35.5. The normalized spacial score (nSPS) is 15.8. The Balaban J connectivity index is 2.03. The summed E-state index contributed by atoms with van der Waals surface area (Å²) in [7, 11) is 1.99. The SMILES string of the molecule is CNC(c1cc2c(s1)CCC2)c1c(Cl)cnn1C(C)C. The minimum atomic E-state index is 0.128. The van der Waals surface area contributed by atoms with Crippen LogP contribution in [0.5, 0.6) is 0 Å². The second-order valence-electron chi connectivity index (χ2n) is 5.59. The molecule has 0 fully saturated rings. The van der Waals surface area contributed by atoms with E-state index in [2.05, 4.69) is 30.3 Å². The fourth-order valence-corrected chi connectivity index (χ4v) is 4.55. The minimum Gasteiger partial charge on any atom is -0.307 e. The molecule has 1 atom stereocenters. The van der Waals surface area contributed by atoms with Crippen molar-refractivity contribution in [3.05, 3.63) is 38.3 Å². The van der Waals surface area contributed by atoms with Crippen molar-refractivity contribution in [1.29, 1.82) is 0 Å². The van der Waals surface area contributed by atoms with Gasteiger partial charge in [0, 0.05) is 15.8 Å². The summed E-state index contributed by atoms with van der Waals surface area (Å²) < 4.78 is 2.02. The van der Waals surface area contributed by atoms with Crippen molar-refractivity contribution in [3.8, 4) is 0 Å². The van der Waals surface area contributed by atoms with Gasteiger partial charge in [-0.2, -0.15) is 5.10 Å². The van der Waals surface area contributed by atoms with Gasteiger partial charge in [-0.3, -0.25) is 4.68 Å². The Morgan fingerprint density at radius 3 is 2.85 bits per heavy atom. The fourth-order valence-electron chi connectivity index (χ4n) is 2.94. The third kappa shape index (κ3) is 2.30. The molecule has 5 heteroatoms. The topological polar surface area (TPSA) is 29.9 Å². The van der Waals surface area contributed by atoms with Crippen LogP contribution < -0.4 is 5.32 Å². The van der Waals surface area contributed by atoms with Crippen molar-refractivity contribution in [1.82, 2.24) is 15.1 Å². The Hall–Kier alpha value is -0.840. The first-order chi connectivity index (χ1) is 9.61. The van der Waals surface area contributed by atoms with Crippen molar-refractivity contribution >= 4 is 22.9 Å². The van der Waals surface area contributed by atoms with Gasteiger partial charge in [-0.25, -0.2) is 0 Å². The van der Waals surface area contributed by atoms with Gasteiger partial charge in [-0.15, -0.1) is 11.3 Å². The largest absolute Gasteiger partial charge is 0.307 e. The molecular weight excluding hydrogens is 290 g/mol. The van der Waals surface area contributed by atoms with E-state index in [0.717, 1.165) is 10.7 Å². The van der Waals surface area contributed by atoms with Crippen LogP contribution in [0.3, 0.4) is 0 Å². The van der Waals surface area contributed by atoms with Gasteiger partial charge in [0.2, 0.25) is 0 Å². The maximum atomic E-state index is 6.39. The molecule has 3 nitrogen and oxygen atoms in total. The zero-order valence-electron chi connectivity index (χ0n) is 12.1. The van der Waals surface area contributed by atoms with Gasteiger partial charge in [0.05, 0.1) is 23.0 Å². The molecule has 1 unspecified atom stereocenters. The average Bonchev–Trinajstić information content (AvgIpc) is 3.05. The van der Waals surface area contributed by atoms with Crippen LogP contribution in [0.2, 0.25) is 5.02 Å². The smallest absolute Gasteiger partial charge is 0.0855 e. The number of fused-ring (bicyclic) bond motifs is 1. The molecule has 0 aliphatic heterocycles. The molecule has 0 aromatic carbocycles. The summed E-state index contributed by atoms with van der Waals surface area (Å²) in [6.07, 6.45) is 5.51. The minimum absolute atomic E-state index is 0.128. The van der Waals surface area contributed by atoms with E-state index in [1.807, 2.05) is 23.1 Å². The zero-order chi connectivity index (χ0) is 14.3. The standard InChI is InChI=1S/C15H20ClN3S/c1-9(2)19-15(11(16)8-18-19)14(17-3)13-7-10-5-4-6-12(10)20-13/h7-9,14,17H,4-6H2,1-3H3. The monoisotopic (exact) mass is 309 g/mol. The highest BCUT2D eigenvalue weighted by Gasteiger charge is 2.25. The Morgan fingerprint density at radius 2 is 2.20 bits per heavy atom. The van der Waals surface area contributed by atoms with Gasteiger partial charge >= 0.3 is 0 Å². The van der Waals surface area contributed by atoms with Gasteiger partial charge in [0.1, 0.15) is 0 Å². The summed E-state index contributed by atoms with van der Waals surface area (Å²) in [5, 5.41) is 8.58. The molecule has 1 aliphatic rings. The lowest BCUT2D eigenvalue weighted by Crippen LogP contribution is -2.22. The van der Waals surface area contributed by atoms with Crippen molar-refractivity contribution in [2.75, 3.05) is 7.05 Å². The van der Waals surface area contributed by atoms with E-state index in [1.165, 1.54) is 29.7 Å². The van der Waals surface area contributed by atoms with Crippen LogP contribution in [0.25, 0.3) is 0 Å². The van der Waals surface area contributed by atoms with Gasteiger partial charge in [0.15, 0.2) is 0 Å². The first-order valence-electron chi connectivity index (χ1n) is 7.13. The van der Waals surface area contributed by atoms with E-state index in [1.54, 1.807) is 11.1 Å². The van der Waals surface area contributed by atoms with E-state index in [9.17, 15) is 0 Å². The van der Waals surface area contributed by atoms with Crippen molar-refractivity contribution in [2.45, 2.75) is 45.2 Å². The number of aryl methyl sites for hydroxylation is 2. The molecule has 1 aliphatic carbocycles. The first kappa shape index (κ1) is 14.1. The number of rotatable bonds is 4. The molecule has 20 heavy (non-hydrogen) atoms. The van der Waals surface area contributed by atoms with Crippen molar-refractivity contribution < 1.29 is 0 Å². The van der Waals surface area contributed by atoms with Crippen LogP contribution in [-0.2, 0) is 12.8 Å². The molecule has 108 valence electrons. The zero-order valence-corrected chi connectivity index (χ0v) is 13.7. The van der Waals surface area contributed by atoms with Gasteiger partial charge < -0.3 is 5.32 Å². The molecule has 0 amide bonds. The van der Waals surface area contributed by atoms with Gasteiger partial charge in [-0.1, -0.05) is 11.6 Å². The number of thiophene rings is 1. The Bertz CT molecular complexity index is 593. The molecule has 2 aromatic heterocycles. The van der Waals surface area contributed by atoms with E-state index in [4.69, 9.17) is 11.6 Å². The maximum absolute atomic E-state index is 6.39. The van der Waals surface area contributed by atoms with Crippen LogP contribution in [-0.4, -0.2) is 16.8 Å². The highest BCUT2D eigenvalue weighted by molar-refractivity contribution is 7.12. The predicted octanol–water partition coefficient (Wildman–Crippen LogP) is 3.98. The first-order valence-corrected chi connectivity index (χ1v) is 8.33. The molecule has 2 aromatic rings. The van der Waals surface area contributed by atoms with Crippen LogP contribution >= 0.6 is 22.9 Å². The predicted molar refractivity (Wildman–Crippen MR) is 84.9 cm³/mol. The summed E-state index contributed by atoms with van der Waals surface area (Å²) in [4.78, 5) is 2.90. The van der Waals surface area contributed by atoms with Crippen LogP contribution in [0.4, 0.5) is 0 Å². The van der Waals surface area contributed by atoms with Crippen molar-refractivity contribution in [3.63, 3.8) is 0 Å². The molecule has 1 N–H and O–H groups in total. The number of hydrogen-bond acceptors (Lipinski definition) is 3. The molecular formula is C15H20ClN3S. The number of nitrogens with one attached hydrogen (secondary N) is 1. The Labute approximate surface area is 129 Å². The maximum Gasteiger partial charge on any atom is 0.0855 e. The molecule has 0 saturated carbocycles. The molecule has 0 spiro atoms. The summed E-state index contributed by atoms with van der Waals surface area (Å²) >= 11 is 8.31. The summed E-state index contributed by atoms with van der Waals surface area (Å²) in [6, 6.07) is 2.78. The third-order valence-electron chi connectivity index (χ3n) is 3.89. The van der Waals surface area contributed by atoms with Crippen LogP contribution in [0, 0.1) is 0 Å². The summed E-state index contributed by atoms with van der Waals surface area (Å²) in [5.41, 5.74) is 2.60. The van der Waals surface area contributed by atoms with E-state index < -0.39 is 0 Å². The van der Waals surface area contributed by atoms with E-state index in [0.29, 0.717) is 6.04 Å². The molecule has 0 saturated heterocycles. The van der Waals surface area contributed by atoms with Gasteiger partial charge in [0.25, 0.3) is 0 Å². The lowest BCUT2D eigenvalue weighted by molar-refractivity contribution is 0.486. The van der Waals surface area contributed by atoms with Gasteiger partial charge in [-0.05, 0) is 51.8 Å². The molecule has 0 radical (unpaired) electrons.